The van der Waals surface area contributed by atoms with Gasteiger partial charge in [-0.05, 0) is 29.4 Å². The Morgan fingerprint density at radius 2 is 1.70 bits per heavy atom. The van der Waals surface area contributed by atoms with Gasteiger partial charge in [0.1, 0.15) is 0 Å². The lowest BCUT2D eigenvalue weighted by molar-refractivity contribution is -0.153. The number of rotatable bonds is 1. The lowest BCUT2D eigenvalue weighted by Gasteiger charge is -2.34. The van der Waals surface area contributed by atoms with E-state index >= 15 is 0 Å². The molecule has 4 rings (SSSR count). The van der Waals surface area contributed by atoms with E-state index in [9.17, 15) is 9.59 Å². The van der Waals surface area contributed by atoms with Gasteiger partial charge in [0.15, 0.2) is 0 Å². The third kappa shape index (κ3) is 1.71. The summed E-state index contributed by atoms with van der Waals surface area (Å²) >= 11 is 0. The molecular formula is C16H16O4. The molecule has 4 heteroatoms. The van der Waals surface area contributed by atoms with Gasteiger partial charge in [-0.3, -0.25) is 9.59 Å². The fourth-order valence-electron chi connectivity index (χ4n) is 3.99. The molecule has 4 atom stereocenters. The maximum absolute atomic E-state index is 11.9. The smallest absolute Gasteiger partial charge is 0.317 e. The van der Waals surface area contributed by atoms with Gasteiger partial charge in [-0.1, -0.05) is 24.3 Å². The van der Waals surface area contributed by atoms with Crippen LogP contribution in [0.3, 0.4) is 0 Å². The number of carbonyl (C=O) groups excluding carboxylic acids is 2. The van der Waals surface area contributed by atoms with Crippen molar-refractivity contribution in [3.8, 4) is 0 Å². The van der Waals surface area contributed by atoms with E-state index in [1.54, 1.807) is 0 Å². The summed E-state index contributed by atoms with van der Waals surface area (Å²) in [5.74, 6) is -0.0679. The summed E-state index contributed by atoms with van der Waals surface area (Å²) in [6, 6.07) is 8.26. The van der Waals surface area contributed by atoms with Gasteiger partial charge in [0, 0.05) is 5.92 Å². The average molecular weight is 272 g/mol. The molecule has 104 valence electrons. The number of ether oxygens (including phenoxy) is 2. The van der Waals surface area contributed by atoms with Gasteiger partial charge in [-0.2, -0.15) is 0 Å². The van der Waals surface area contributed by atoms with Crippen molar-refractivity contribution in [3.63, 3.8) is 0 Å². The molecule has 0 spiro atoms. The maximum atomic E-state index is 11.9. The average Bonchev–Trinajstić information content (AvgIpc) is 3.04. The molecule has 2 fully saturated rings. The first kappa shape index (κ1) is 12.1. The van der Waals surface area contributed by atoms with E-state index in [2.05, 4.69) is 12.1 Å². The number of esters is 2. The molecule has 0 radical (unpaired) electrons. The fraction of sp³-hybridized carbons (Fsp3) is 0.500. The monoisotopic (exact) mass is 272 g/mol. The summed E-state index contributed by atoms with van der Waals surface area (Å²) in [7, 11) is 0. The van der Waals surface area contributed by atoms with Gasteiger partial charge < -0.3 is 9.47 Å². The van der Waals surface area contributed by atoms with E-state index < -0.39 is 0 Å². The predicted molar refractivity (Wildman–Crippen MR) is 70.1 cm³/mol. The third-order valence-electron chi connectivity index (χ3n) is 4.94. The number of hydrogen-bond acceptors (Lipinski definition) is 4. The molecular weight excluding hydrogens is 256 g/mol. The molecule has 20 heavy (non-hydrogen) atoms. The number of hydrogen-bond donors (Lipinski definition) is 0. The highest BCUT2D eigenvalue weighted by atomic mass is 16.6. The van der Waals surface area contributed by atoms with Crippen molar-refractivity contribution < 1.29 is 19.1 Å². The zero-order valence-corrected chi connectivity index (χ0v) is 11.1. The predicted octanol–water partition coefficient (Wildman–Crippen LogP) is 1.99. The Balaban J connectivity index is 1.76. The van der Waals surface area contributed by atoms with Crippen LogP contribution in [0.4, 0.5) is 0 Å². The zero-order chi connectivity index (χ0) is 13.7. The van der Waals surface area contributed by atoms with E-state index in [1.807, 2.05) is 12.1 Å². The molecule has 0 N–H and O–H groups in total. The van der Waals surface area contributed by atoms with E-state index in [4.69, 9.17) is 9.47 Å². The van der Waals surface area contributed by atoms with E-state index in [1.165, 1.54) is 11.1 Å². The standard InChI is InChI=1S/C16H16O4/c17-15-6-13(16(18)20-15)12-5-9-7-19-8-14(9)11-4-2-1-3-10(11)12/h1-4,9,12-14H,5-8H2. The summed E-state index contributed by atoms with van der Waals surface area (Å²) in [6.45, 7) is 1.52. The van der Waals surface area contributed by atoms with Crippen molar-refractivity contribution in [3.05, 3.63) is 35.4 Å². The first-order chi connectivity index (χ1) is 9.74. The summed E-state index contributed by atoms with van der Waals surface area (Å²) in [5, 5.41) is 0. The van der Waals surface area contributed by atoms with Crippen molar-refractivity contribution in [2.75, 3.05) is 13.2 Å². The lowest BCUT2D eigenvalue weighted by atomic mass is 9.67. The number of benzene rings is 1. The summed E-state index contributed by atoms with van der Waals surface area (Å²) < 4.78 is 10.4. The topological polar surface area (TPSA) is 52.6 Å². The van der Waals surface area contributed by atoms with Gasteiger partial charge >= 0.3 is 11.9 Å². The SMILES string of the molecule is O=C1CC(C2CC3COCC3c3ccccc32)C(=O)O1. The third-order valence-corrected chi connectivity index (χ3v) is 4.94. The van der Waals surface area contributed by atoms with Crippen LogP contribution in [0.1, 0.15) is 35.8 Å². The molecule has 4 nitrogen and oxygen atoms in total. The number of fused-ring (bicyclic) bond motifs is 3. The minimum Gasteiger partial charge on any atom is -0.393 e. The first-order valence-electron chi connectivity index (χ1n) is 7.15. The summed E-state index contributed by atoms with van der Waals surface area (Å²) in [6.07, 6.45) is 1.13. The van der Waals surface area contributed by atoms with Crippen LogP contribution in [-0.2, 0) is 19.1 Å². The molecule has 0 bridgehead atoms. The molecule has 4 unspecified atom stereocenters. The minimum absolute atomic E-state index is 0.0908. The highest BCUT2D eigenvalue weighted by Crippen LogP contribution is 2.49. The van der Waals surface area contributed by atoms with Gasteiger partial charge in [-0.15, -0.1) is 0 Å². The quantitative estimate of drug-likeness (QED) is 0.579. The molecule has 0 aromatic heterocycles. The molecule has 2 aliphatic heterocycles. The van der Waals surface area contributed by atoms with Crippen LogP contribution < -0.4 is 0 Å². The van der Waals surface area contributed by atoms with Gasteiger partial charge in [0.2, 0.25) is 0 Å². The minimum atomic E-state index is -0.387. The van der Waals surface area contributed by atoms with Crippen molar-refractivity contribution in [1.82, 2.24) is 0 Å². The van der Waals surface area contributed by atoms with Crippen molar-refractivity contribution >= 4 is 11.9 Å². The van der Waals surface area contributed by atoms with Crippen LogP contribution in [0.15, 0.2) is 24.3 Å². The Hall–Kier alpha value is -1.68. The molecule has 1 aromatic rings. The van der Waals surface area contributed by atoms with Crippen LogP contribution in [0.2, 0.25) is 0 Å². The molecule has 2 heterocycles. The van der Waals surface area contributed by atoms with Crippen LogP contribution in [0, 0.1) is 11.8 Å². The molecule has 3 aliphatic rings. The van der Waals surface area contributed by atoms with Crippen LogP contribution >= 0.6 is 0 Å². The van der Waals surface area contributed by atoms with Gasteiger partial charge in [0.25, 0.3) is 0 Å². The van der Waals surface area contributed by atoms with E-state index in [0.29, 0.717) is 11.8 Å². The van der Waals surface area contributed by atoms with Crippen LogP contribution in [-0.4, -0.2) is 25.2 Å². The van der Waals surface area contributed by atoms with E-state index in [-0.39, 0.29) is 30.2 Å². The van der Waals surface area contributed by atoms with Crippen LogP contribution in [0.5, 0.6) is 0 Å². The zero-order valence-electron chi connectivity index (χ0n) is 11.1. The Morgan fingerprint density at radius 3 is 2.40 bits per heavy atom. The maximum Gasteiger partial charge on any atom is 0.317 e. The lowest BCUT2D eigenvalue weighted by Crippen LogP contribution is -2.28. The summed E-state index contributed by atoms with van der Waals surface area (Å²) in [5.41, 5.74) is 2.49. The van der Waals surface area contributed by atoms with E-state index in [0.717, 1.165) is 19.6 Å². The Labute approximate surface area is 117 Å². The number of carbonyl (C=O) groups is 2. The second kappa shape index (κ2) is 4.42. The molecule has 2 saturated heterocycles. The highest BCUT2D eigenvalue weighted by Gasteiger charge is 2.46. The Kier molecular flexibility index (Phi) is 2.67. The largest absolute Gasteiger partial charge is 0.393 e. The first-order valence-corrected chi connectivity index (χ1v) is 7.15. The molecule has 1 aromatic carbocycles. The molecule has 0 saturated carbocycles. The number of cyclic esters (lactones) is 2. The Bertz CT molecular complexity index is 580. The highest BCUT2D eigenvalue weighted by molar-refractivity contribution is 5.95. The molecule has 0 amide bonds. The van der Waals surface area contributed by atoms with Crippen molar-refractivity contribution in [2.24, 2.45) is 11.8 Å². The van der Waals surface area contributed by atoms with Crippen LogP contribution in [0.25, 0.3) is 0 Å². The normalized spacial score (nSPS) is 35.6. The second-order valence-electron chi connectivity index (χ2n) is 5.98. The Morgan fingerprint density at radius 1 is 0.950 bits per heavy atom. The van der Waals surface area contributed by atoms with Crippen molar-refractivity contribution in [2.45, 2.75) is 24.7 Å². The fourth-order valence-corrected chi connectivity index (χ4v) is 3.99. The van der Waals surface area contributed by atoms with Crippen molar-refractivity contribution in [1.29, 1.82) is 0 Å². The molecule has 1 aliphatic carbocycles. The summed E-state index contributed by atoms with van der Waals surface area (Å²) in [4.78, 5) is 23.3. The second-order valence-corrected chi connectivity index (χ2v) is 5.98. The van der Waals surface area contributed by atoms with Gasteiger partial charge in [-0.25, -0.2) is 0 Å². The van der Waals surface area contributed by atoms with Gasteiger partial charge in [0.05, 0.1) is 25.6 Å².